The van der Waals surface area contributed by atoms with Gasteiger partial charge in [-0.1, -0.05) is 32.0 Å². The smallest absolute Gasteiger partial charge is 0.419 e. The van der Waals surface area contributed by atoms with Crippen LogP contribution in [0.15, 0.2) is 35.1 Å². The van der Waals surface area contributed by atoms with E-state index in [1.54, 1.807) is 45.9 Å². The van der Waals surface area contributed by atoms with Crippen LogP contribution < -0.4 is 10.9 Å². The monoisotopic (exact) mass is 658 g/mol. The van der Waals surface area contributed by atoms with E-state index in [1.165, 1.54) is 6.07 Å². The van der Waals surface area contributed by atoms with Crippen LogP contribution in [-0.2, 0) is 22.2 Å². The van der Waals surface area contributed by atoms with Gasteiger partial charge in [0.2, 0.25) is 5.91 Å². The maximum Gasteiger partial charge on any atom is 0.419 e. The highest BCUT2D eigenvalue weighted by Gasteiger charge is 2.38. The third kappa shape index (κ3) is 8.09. The maximum absolute atomic E-state index is 15.8. The zero-order valence-electron chi connectivity index (χ0n) is 27.6. The van der Waals surface area contributed by atoms with Gasteiger partial charge in [-0.25, -0.2) is 9.07 Å². The third-order valence-electron chi connectivity index (χ3n) is 8.91. The molecule has 1 amide bonds. The van der Waals surface area contributed by atoms with E-state index >= 15 is 4.39 Å². The topological polar surface area (TPSA) is 105 Å². The van der Waals surface area contributed by atoms with Gasteiger partial charge in [0.05, 0.1) is 23.7 Å². The lowest BCUT2D eigenvalue weighted by molar-refractivity contribution is -0.140. The molecule has 1 fully saturated rings. The van der Waals surface area contributed by atoms with E-state index in [4.69, 9.17) is 0 Å². The van der Waals surface area contributed by atoms with Gasteiger partial charge >= 0.3 is 12.1 Å². The predicted octanol–water partition coefficient (Wildman–Crippen LogP) is 6.47. The van der Waals surface area contributed by atoms with Gasteiger partial charge in [-0.2, -0.15) is 18.3 Å². The number of aryl methyl sites for hydroxylation is 2. The second kappa shape index (κ2) is 14.4. The molecule has 1 aliphatic rings. The minimum Gasteiger partial charge on any atom is -0.481 e. The lowest BCUT2D eigenvalue weighted by atomic mass is 9.90. The van der Waals surface area contributed by atoms with Crippen molar-refractivity contribution in [3.63, 3.8) is 0 Å². The number of hydrogen-bond donors (Lipinski definition) is 2. The van der Waals surface area contributed by atoms with E-state index in [2.05, 4.69) is 15.3 Å². The van der Waals surface area contributed by atoms with Gasteiger partial charge in [0, 0.05) is 24.1 Å². The highest BCUT2D eigenvalue weighted by atomic mass is 19.4. The first-order valence-corrected chi connectivity index (χ1v) is 15.8. The Morgan fingerprint density at radius 2 is 1.68 bits per heavy atom. The molecule has 2 heterocycles. The Morgan fingerprint density at radius 3 is 2.21 bits per heavy atom. The van der Waals surface area contributed by atoms with Crippen molar-refractivity contribution in [1.82, 2.24) is 20.0 Å². The highest BCUT2D eigenvalue weighted by Crippen LogP contribution is 2.40. The molecule has 47 heavy (non-hydrogen) atoms. The first-order valence-electron chi connectivity index (χ1n) is 15.8. The van der Waals surface area contributed by atoms with Crippen LogP contribution in [0.25, 0.3) is 11.1 Å². The molecular weight excluding hydrogens is 616 g/mol. The summed E-state index contributed by atoms with van der Waals surface area (Å²) < 4.78 is 59.5. The summed E-state index contributed by atoms with van der Waals surface area (Å²) in [6, 6.07) is 4.11. The molecule has 1 saturated heterocycles. The van der Waals surface area contributed by atoms with E-state index in [-0.39, 0.29) is 17.9 Å². The van der Waals surface area contributed by atoms with Gasteiger partial charge < -0.3 is 15.3 Å². The number of rotatable bonds is 12. The van der Waals surface area contributed by atoms with Gasteiger partial charge in [-0.3, -0.25) is 14.4 Å². The average molecular weight is 659 g/mol. The Kier molecular flexibility index (Phi) is 10.9. The van der Waals surface area contributed by atoms with Crippen LogP contribution in [0.1, 0.15) is 84.3 Å². The van der Waals surface area contributed by atoms with Crippen LogP contribution in [0.2, 0.25) is 0 Å². The molecule has 2 aromatic carbocycles. The van der Waals surface area contributed by atoms with Gasteiger partial charge in [0.15, 0.2) is 0 Å². The standard InChI is InChI=1S/C35H42F4N4O4/c1-19(2)15-29(43-34(47)23(6)22(5)27(41-43)11-14-42-12-8-13-42)33(46)40-28(18-30(44)45)25-16-24(17-26(32(25)36)35(37,38)39)31-20(3)9-7-10-21(31)4/h7,9-10,16-17,19,28-29H,8,11-15,18H2,1-6H3,(H,40,46)(H,44,45)/t28-,29-/m0/s1. The molecule has 0 saturated carbocycles. The van der Waals surface area contributed by atoms with Crippen LogP contribution in [0.4, 0.5) is 17.6 Å². The van der Waals surface area contributed by atoms with E-state index in [0.29, 0.717) is 46.0 Å². The number of amides is 1. The highest BCUT2D eigenvalue weighted by molar-refractivity contribution is 5.82. The molecule has 3 aromatic rings. The van der Waals surface area contributed by atoms with Gasteiger partial charge in [-0.05, 0) is 99.5 Å². The molecule has 0 unspecified atom stereocenters. The zero-order chi connectivity index (χ0) is 34.8. The number of hydrogen-bond acceptors (Lipinski definition) is 5. The molecule has 0 bridgehead atoms. The number of carbonyl (C=O) groups excluding carboxylic acids is 1. The van der Waals surface area contributed by atoms with Crippen LogP contribution in [0.5, 0.6) is 0 Å². The summed E-state index contributed by atoms with van der Waals surface area (Å²) in [4.78, 5) is 41.8. The minimum absolute atomic E-state index is 0.0339. The molecule has 1 aromatic heterocycles. The molecule has 0 spiro atoms. The molecule has 0 aliphatic carbocycles. The summed E-state index contributed by atoms with van der Waals surface area (Å²) in [6.07, 6.45) is -4.24. The van der Waals surface area contributed by atoms with Crippen molar-refractivity contribution >= 4 is 11.9 Å². The molecule has 2 N–H and O–H groups in total. The molecule has 8 nitrogen and oxygen atoms in total. The Bertz CT molecular complexity index is 1690. The van der Waals surface area contributed by atoms with Crippen molar-refractivity contribution in [2.45, 2.75) is 85.5 Å². The lowest BCUT2D eigenvalue weighted by Gasteiger charge is -2.31. The Balaban J connectivity index is 1.82. The SMILES string of the molecule is Cc1cccc(C)c1-c1cc([C@H](CC(=O)O)NC(=O)[C@H](CC(C)C)n2nc(CCN3CCC3)c(C)c(C)c2=O)c(F)c(C(F)(F)F)c1. The fourth-order valence-corrected chi connectivity index (χ4v) is 6.08. The predicted molar refractivity (Wildman–Crippen MR) is 171 cm³/mol. The van der Waals surface area contributed by atoms with Gasteiger partial charge in [0.25, 0.3) is 5.56 Å². The number of carbonyl (C=O) groups is 2. The summed E-state index contributed by atoms with van der Waals surface area (Å²) in [5, 5.41) is 16.9. The van der Waals surface area contributed by atoms with Crippen molar-refractivity contribution in [2.24, 2.45) is 5.92 Å². The normalized spacial score (nSPS) is 15.0. The molecule has 0 radical (unpaired) electrons. The van der Waals surface area contributed by atoms with E-state index in [9.17, 15) is 32.7 Å². The number of likely N-dealkylation sites (tertiary alicyclic amines) is 1. The summed E-state index contributed by atoms with van der Waals surface area (Å²) in [7, 11) is 0. The fourth-order valence-electron chi connectivity index (χ4n) is 6.08. The molecule has 1 aliphatic heterocycles. The Morgan fingerprint density at radius 1 is 1.04 bits per heavy atom. The number of nitrogens with zero attached hydrogens (tertiary/aromatic N) is 3. The largest absolute Gasteiger partial charge is 0.481 e. The number of aromatic nitrogens is 2. The van der Waals surface area contributed by atoms with Crippen molar-refractivity contribution in [3.8, 4) is 11.1 Å². The zero-order valence-corrected chi connectivity index (χ0v) is 27.6. The van der Waals surface area contributed by atoms with Crippen molar-refractivity contribution in [3.05, 3.63) is 85.6 Å². The Labute approximate surface area is 271 Å². The number of halogens is 4. The van der Waals surface area contributed by atoms with Crippen LogP contribution in [0.3, 0.4) is 0 Å². The van der Waals surface area contributed by atoms with Crippen molar-refractivity contribution in [2.75, 3.05) is 19.6 Å². The number of carboxylic acids is 1. The first kappa shape index (κ1) is 35.8. The lowest BCUT2D eigenvalue weighted by Crippen LogP contribution is -2.43. The Hall–Kier alpha value is -4.06. The summed E-state index contributed by atoms with van der Waals surface area (Å²) in [5.74, 6) is -4.11. The average Bonchev–Trinajstić information content (AvgIpc) is 2.94. The first-order chi connectivity index (χ1) is 22.0. The maximum atomic E-state index is 15.8. The third-order valence-corrected chi connectivity index (χ3v) is 8.91. The summed E-state index contributed by atoms with van der Waals surface area (Å²) in [5.41, 5.74) is 0.803. The van der Waals surface area contributed by atoms with Crippen LogP contribution in [-0.4, -0.2) is 51.3 Å². The van der Waals surface area contributed by atoms with Gasteiger partial charge in [-0.15, -0.1) is 0 Å². The van der Waals surface area contributed by atoms with Crippen LogP contribution >= 0.6 is 0 Å². The number of nitrogens with one attached hydrogen (secondary N) is 1. The molecule has 12 heteroatoms. The van der Waals surface area contributed by atoms with E-state index in [0.717, 1.165) is 30.7 Å². The number of aliphatic carboxylic acids is 1. The van der Waals surface area contributed by atoms with Crippen molar-refractivity contribution in [1.29, 1.82) is 0 Å². The quantitative estimate of drug-likeness (QED) is 0.216. The van der Waals surface area contributed by atoms with Crippen molar-refractivity contribution < 1.29 is 32.3 Å². The molecule has 4 rings (SSSR count). The molecule has 2 atom stereocenters. The van der Waals surface area contributed by atoms with E-state index in [1.807, 2.05) is 13.8 Å². The fraction of sp³-hybridized carbons (Fsp3) is 0.486. The number of benzene rings is 2. The van der Waals surface area contributed by atoms with Crippen LogP contribution in [0, 0.1) is 39.4 Å². The summed E-state index contributed by atoms with van der Waals surface area (Å²) >= 11 is 0. The van der Waals surface area contributed by atoms with Gasteiger partial charge in [0.1, 0.15) is 11.9 Å². The molecular formula is C35H42F4N4O4. The second-order valence-corrected chi connectivity index (χ2v) is 12.9. The van der Waals surface area contributed by atoms with E-state index < -0.39 is 59.1 Å². The summed E-state index contributed by atoms with van der Waals surface area (Å²) in [6.45, 7) is 13.2. The molecule has 254 valence electrons. The number of carboxylic acid groups (broad SMARTS) is 1. The number of alkyl halides is 3. The minimum atomic E-state index is -5.10. The second-order valence-electron chi connectivity index (χ2n) is 12.9.